The lowest BCUT2D eigenvalue weighted by atomic mass is 10.1. The first kappa shape index (κ1) is 17.0. The number of sulfone groups is 1. The zero-order valence-corrected chi connectivity index (χ0v) is 14.3. The van der Waals surface area contributed by atoms with E-state index in [0.717, 1.165) is 24.4 Å². The van der Waals surface area contributed by atoms with E-state index < -0.39 is 9.84 Å². The number of carbonyl (C=O) groups is 1. The summed E-state index contributed by atoms with van der Waals surface area (Å²) in [5.74, 6) is 1.04. The molecule has 0 bridgehead atoms. The van der Waals surface area contributed by atoms with Crippen molar-refractivity contribution >= 4 is 15.7 Å². The minimum Gasteiger partial charge on any atom is -0.352 e. The van der Waals surface area contributed by atoms with Gasteiger partial charge < -0.3 is 9.88 Å². The molecule has 1 N–H and O–H groups in total. The maximum atomic E-state index is 12.0. The number of imidazole rings is 1. The number of amides is 1. The molecule has 0 saturated heterocycles. The fourth-order valence-corrected chi connectivity index (χ4v) is 4.52. The average Bonchev–Trinajstić information content (AvgIpc) is 2.74. The molecule has 1 aliphatic rings. The van der Waals surface area contributed by atoms with Crippen LogP contribution in [0.3, 0.4) is 0 Å². The van der Waals surface area contributed by atoms with Gasteiger partial charge in [0.25, 0.3) is 0 Å². The Morgan fingerprint density at radius 1 is 1.50 bits per heavy atom. The Morgan fingerprint density at radius 3 is 2.91 bits per heavy atom. The molecule has 7 heteroatoms. The molecule has 0 fully saturated rings. The van der Waals surface area contributed by atoms with Gasteiger partial charge >= 0.3 is 0 Å². The molecule has 124 valence electrons. The van der Waals surface area contributed by atoms with Gasteiger partial charge in [-0.05, 0) is 19.3 Å². The first-order valence-corrected chi connectivity index (χ1v) is 9.60. The maximum Gasteiger partial charge on any atom is 0.221 e. The number of rotatable bonds is 6. The van der Waals surface area contributed by atoms with Gasteiger partial charge in [0.1, 0.15) is 5.82 Å². The Hall–Kier alpha value is -1.37. The maximum absolute atomic E-state index is 12.0. The van der Waals surface area contributed by atoms with Gasteiger partial charge in [-0.15, -0.1) is 0 Å². The van der Waals surface area contributed by atoms with Crippen molar-refractivity contribution in [2.45, 2.75) is 52.6 Å². The highest BCUT2D eigenvalue weighted by Crippen LogP contribution is 2.15. The number of hydrogen-bond acceptors (Lipinski definition) is 4. The van der Waals surface area contributed by atoms with Crippen LogP contribution >= 0.6 is 0 Å². The van der Waals surface area contributed by atoms with Crippen molar-refractivity contribution in [2.75, 3.05) is 11.5 Å². The van der Waals surface area contributed by atoms with Gasteiger partial charge in [-0.2, -0.15) is 0 Å². The Morgan fingerprint density at radius 2 is 2.23 bits per heavy atom. The molecule has 0 radical (unpaired) electrons. The summed E-state index contributed by atoms with van der Waals surface area (Å²) in [5.41, 5.74) is 0.988. The van der Waals surface area contributed by atoms with Gasteiger partial charge in [0.05, 0.1) is 17.2 Å². The lowest BCUT2D eigenvalue weighted by Crippen LogP contribution is -2.41. The molecule has 0 aliphatic carbocycles. The Bertz CT molecular complexity index is 634. The van der Waals surface area contributed by atoms with Crippen LogP contribution in [0.4, 0.5) is 0 Å². The summed E-state index contributed by atoms with van der Waals surface area (Å²) < 4.78 is 25.7. The largest absolute Gasteiger partial charge is 0.352 e. The van der Waals surface area contributed by atoms with Crippen molar-refractivity contribution in [2.24, 2.45) is 5.92 Å². The Balaban J connectivity index is 1.81. The van der Waals surface area contributed by atoms with Gasteiger partial charge in [0, 0.05) is 31.6 Å². The van der Waals surface area contributed by atoms with Gasteiger partial charge in [0.15, 0.2) is 9.84 Å². The highest BCUT2D eigenvalue weighted by molar-refractivity contribution is 7.91. The van der Waals surface area contributed by atoms with Crippen molar-refractivity contribution in [3.05, 3.63) is 17.7 Å². The van der Waals surface area contributed by atoms with Crippen molar-refractivity contribution in [3.63, 3.8) is 0 Å². The van der Waals surface area contributed by atoms with Crippen LogP contribution in [-0.4, -0.2) is 41.4 Å². The van der Waals surface area contributed by atoms with E-state index in [9.17, 15) is 13.2 Å². The topological polar surface area (TPSA) is 81.1 Å². The number of nitrogens with zero attached hydrogens (tertiary/aromatic N) is 2. The molecule has 6 nitrogen and oxygen atoms in total. The number of fused-ring (bicyclic) bond motifs is 1. The second kappa shape index (κ2) is 6.81. The molecular weight excluding hydrogens is 302 g/mol. The van der Waals surface area contributed by atoms with E-state index in [1.807, 2.05) is 27.0 Å². The van der Waals surface area contributed by atoms with Gasteiger partial charge in [-0.25, -0.2) is 13.4 Å². The van der Waals surface area contributed by atoms with E-state index in [1.165, 1.54) is 0 Å². The fourth-order valence-electron chi connectivity index (χ4n) is 2.84. The zero-order chi connectivity index (χ0) is 16.3. The van der Waals surface area contributed by atoms with Crippen LogP contribution in [0.2, 0.25) is 0 Å². The van der Waals surface area contributed by atoms with E-state index in [0.29, 0.717) is 6.54 Å². The summed E-state index contributed by atoms with van der Waals surface area (Å²) in [6, 6.07) is 0.0569. The predicted molar refractivity (Wildman–Crippen MR) is 85.3 cm³/mol. The van der Waals surface area contributed by atoms with Crippen LogP contribution < -0.4 is 5.32 Å². The molecule has 0 aromatic carbocycles. The van der Waals surface area contributed by atoms with Crippen LogP contribution in [0.5, 0.6) is 0 Å². The molecule has 1 aromatic heterocycles. The van der Waals surface area contributed by atoms with Gasteiger partial charge in [-0.1, -0.05) is 13.8 Å². The fraction of sp³-hybridized carbons (Fsp3) is 0.733. The summed E-state index contributed by atoms with van der Waals surface area (Å²) in [6.45, 7) is 6.40. The number of hydrogen-bond donors (Lipinski definition) is 1. The predicted octanol–water partition coefficient (Wildman–Crippen LogP) is 1.08. The summed E-state index contributed by atoms with van der Waals surface area (Å²) in [5, 5.41) is 2.94. The zero-order valence-electron chi connectivity index (χ0n) is 13.5. The number of carbonyl (C=O) groups excluding carboxylic acids is 1. The summed E-state index contributed by atoms with van der Waals surface area (Å²) in [7, 11) is -3.14. The Kier molecular flexibility index (Phi) is 5.26. The summed E-state index contributed by atoms with van der Waals surface area (Å²) >= 11 is 0. The highest BCUT2D eigenvalue weighted by atomic mass is 32.2. The van der Waals surface area contributed by atoms with Crippen molar-refractivity contribution in [1.29, 1.82) is 0 Å². The van der Waals surface area contributed by atoms with Gasteiger partial charge in [0.2, 0.25) is 5.91 Å². The summed E-state index contributed by atoms with van der Waals surface area (Å²) in [4.78, 5) is 16.4. The highest BCUT2D eigenvalue weighted by Gasteiger charge is 2.22. The van der Waals surface area contributed by atoms with Crippen LogP contribution in [0.15, 0.2) is 6.20 Å². The molecule has 2 heterocycles. The molecule has 1 atom stereocenters. The first-order chi connectivity index (χ1) is 10.2. The van der Waals surface area contributed by atoms with E-state index in [4.69, 9.17) is 0 Å². The lowest BCUT2D eigenvalue weighted by Gasteiger charge is -2.24. The third-order valence-corrected chi connectivity index (χ3v) is 5.71. The third kappa shape index (κ3) is 4.83. The molecule has 1 amide bonds. The van der Waals surface area contributed by atoms with Crippen molar-refractivity contribution in [3.8, 4) is 0 Å². The molecule has 0 saturated carbocycles. The summed E-state index contributed by atoms with van der Waals surface area (Å²) in [6.07, 6.45) is 3.72. The molecule has 0 spiro atoms. The number of aryl methyl sites for hydroxylation is 2. The molecule has 1 aromatic rings. The van der Waals surface area contributed by atoms with Crippen LogP contribution in [0.25, 0.3) is 0 Å². The Labute approximate surface area is 132 Å². The SMILES string of the molecule is Cc1cn2c(n1)CC[C@H](NC(=O)CCS(=O)(=O)CC(C)C)C2. The average molecular weight is 327 g/mol. The number of nitrogens with one attached hydrogen (secondary N) is 1. The minimum absolute atomic E-state index is 0.0430. The molecule has 2 rings (SSSR count). The van der Waals surface area contributed by atoms with Crippen LogP contribution in [-0.2, 0) is 27.6 Å². The lowest BCUT2D eigenvalue weighted by molar-refractivity contribution is -0.121. The second-order valence-electron chi connectivity index (χ2n) is 6.51. The first-order valence-electron chi connectivity index (χ1n) is 7.77. The monoisotopic (exact) mass is 327 g/mol. The standard InChI is InChI=1S/C15H25N3O3S/c1-11(2)10-22(20,21)7-6-15(19)17-13-4-5-14-16-12(3)8-18(14)9-13/h8,11,13H,4-7,9-10H2,1-3H3,(H,17,19)/t13-/m0/s1. The molecular formula is C15H25N3O3S. The van der Waals surface area contributed by atoms with Crippen molar-refractivity contribution in [1.82, 2.24) is 14.9 Å². The molecule has 22 heavy (non-hydrogen) atoms. The third-order valence-electron chi connectivity index (χ3n) is 3.71. The second-order valence-corrected chi connectivity index (χ2v) is 8.74. The molecule has 1 aliphatic heterocycles. The van der Waals surface area contributed by atoms with E-state index in [1.54, 1.807) is 0 Å². The minimum atomic E-state index is -3.14. The van der Waals surface area contributed by atoms with Crippen molar-refractivity contribution < 1.29 is 13.2 Å². The van der Waals surface area contributed by atoms with E-state index in [-0.39, 0.29) is 35.8 Å². The van der Waals surface area contributed by atoms with Crippen LogP contribution in [0.1, 0.15) is 38.2 Å². The van der Waals surface area contributed by atoms with E-state index in [2.05, 4.69) is 14.9 Å². The molecule has 0 unspecified atom stereocenters. The van der Waals surface area contributed by atoms with E-state index >= 15 is 0 Å². The van der Waals surface area contributed by atoms with Crippen LogP contribution in [0, 0.1) is 12.8 Å². The quantitative estimate of drug-likeness (QED) is 0.848. The number of aromatic nitrogens is 2. The van der Waals surface area contributed by atoms with Gasteiger partial charge in [-0.3, -0.25) is 4.79 Å². The normalized spacial score (nSPS) is 18.3. The smallest absolute Gasteiger partial charge is 0.221 e.